The molecule has 2 fully saturated rings. The number of hydrogen-bond acceptors (Lipinski definition) is 4. The number of rotatable bonds is 3. The van der Waals surface area contributed by atoms with Crippen LogP contribution >= 0.6 is 0 Å². The molecule has 0 radical (unpaired) electrons. The van der Waals surface area contributed by atoms with Crippen LogP contribution in [0, 0.1) is 5.92 Å². The highest BCUT2D eigenvalue weighted by atomic mass is 16.2. The molecule has 0 aromatic carbocycles. The lowest BCUT2D eigenvalue weighted by Gasteiger charge is -2.34. The van der Waals surface area contributed by atoms with Gasteiger partial charge in [-0.25, -0.2) is 9.97 Å². The highest BCUT2D eigenvalue weighted by molar-refractivity contribution is 5.79. The average molecular weight is 260 g/mol. The summed E-state index contributed by atoms with van der Waals surface area (Å²) in [5, 5.41) is 3.19. The van der Waals surface area contributed by atoms with Crippen LogP contribution in [0.25, 0.3) is 0 Å². The Kier molecular flexibility index (Phi) is 3.62. The molecule has 0 atom stereocenters. The summed E-state index contributed by atoms with van der Waals surface area (Å²) in [6, 6.07) is 2.28. The van der Waals surface area contributed by atoms with Crippen LogP contribution in [-0.4, -0.2) is 35.0 Å². The van der Waals surface area contributed by atoms with Crippen molar-refractivity contribution in [2.45, 2.75) is 38.1 Å². The van der Waals surface area contributed by atoms with Crippen LogP contribution in [0.1, 0.15) is 32.1 Å². The molecule has 1 saturated carbocycles. The summed E-state index contributed by atoms with van der Waals surface area (Å²) >= 11 is 0. The minimum Gasteiger partial charge on any atom is -0.356 e. The maximum atomic E-state index is 11.9. The molecule has 3 rings (SSSR count). The van der Waals surface area contributed by atoms with Crippen molar-refractivity contribution in [3.8, 4) is 0 Å². The maximum Gasteiger partial charge on any atom is 0.223 e. The molecule has 1 amide bonds. The molecule has 1 aliphatic heterocycles. The Morgan fingerprint density at radius 1 is 1.26 bits per heavy atom. The van der Waals surface area contributed by atoms with Gasteiger partial charge in [-0.05, 0) is 31.7 Å². The number of nitrogens with one attached hydrogen (secondary N) is 1. The van der Waals surface area contributed by atoms with Crippen LogP contribution < -0.4 is 10.2 Å². The number of piperidine rings is 1. The van der Waals surface area contributed by atoms with Gasteiger partial charge in [0.15, 0.2) is 0 Å². The summed E-state index contributed by atoms with van der Waals surface area (Å²) in [7, 11) is 0. The van der Waals surface area contributed by atoms with E-state index >= 15 is 0 Å². The van der Waals surface area contributed by atoms with E-state index in [0.29, 0.717) is 12.0 Å². The molecule has 1 saturated heterocycles. The molecule has 1 aromatic heterocycles. The van der Waals surface area contributed by atoms with Crippen molar-refractivity contribution in [3.63, 3.8) is 0 Å². The minimum absolute atomic E-state index is 0.270. The summed E-state index contributed by atoms with van der Waals surface area (Å²) < 4.78 is 0. The third kappa shape index (κ3) is 2.85. The lowest BCUT2D eigenvalue weighted by atomic mass is 9.84. The first-order valence-corrected chi connectivity index (χ1v) is 7.14. The zero-order chi connectivity index (χ0) is 13.1. The Morgan fingerprint density at radius 3 is 2.63 bits per heavy atom. The van der Waals surface area contributed by atoms with E-state index in [-0.39, 0.29) is 5.91 Å². The third-order valence-electron chi connectivity index (χ3n) is 4.21. The summed E-state index contributed by atoms with van der Waals surface area (Å²) in [6.45, 7) is 1.90. The molecule has 2 aliphatic rings. The van der Waals surface area contributed by atoms with Gasteiger partial charge in [0.05, 0.1) is 0 Å². The fourth-order valence-electron chi connectivity index (χ4n) is 2.71. The van der Waals surface area contributed by atoms with Gasteiger partial charge in [-0.1, -0.05) is 6.42 Å². The zero-order valence-corrected chi connectivity index (χ0v) is 11.1. The molecule has 102 valence electrons. The topological polar surface area (TPSA) is 58.1 Å². The maximum absolute atomic E-state index is 11.9. The highest BCUT2D eigenvalue weighted by Gasteiger charge is 2.28. The predicted molar refractivity (Wildman–Crippen MR) is 72.8 cm³/mol. The van der Waals surface area contributed by atoms with Crippen LogP contribution in [0.4, 0.5) is 5.82 Å². The van der Waals surface area contributed by atoms with Gasteiger partial charge in [0.25, 0.3) is 0 Å². The van der Waals surface area contributed by atoms with Crippen molar-refractivity contribution in [1.29, 1.82) is 0 Å². The number of amides is 1. The second-order valence-corrected chi connectivity index (χ2v) is 5.47. The Labute approximate surface area is 113 Å². The van der Waals surface area contributed by atoms with Crippen LogP contribution in [0.2, 0.25) is 0 Å². The smallest absolute Gasteiger partial charge is 0.223 e. The first-order valence-electron chi connectivity index (χ1n) is 7.14. The van der Waals surface area contributed by atoms with E-state index in [1.807, 2.05) is 6.07 Å². The second kappa shape index (κ2) is 5.55. The average Bonchev–Trinajstić information content (AvgIpc) is 2.38. The standard InChI is InChI=1S/C14H20N4O/c19-14(11-2-1-3-11)17-12-5-8-18(9-6-12)13-4-7-15-10-16-13/h4,7,10-12H,1-3,5-6,8-9H2,(H,17,19). The first kappa shape index (κ1) is 12.4. The third-order valence-corrected chi connectivity index (χ3v) is 4.21. The van der Waals surface area contributed by atoms with Crippen LogP contribution in [-0.2, 0) is 4.79 Å². The molecule has 0 bridgehead atoms. The van der Waals surface area contributed by atoms with E-state index in [2.05, 4.69) is 20.2 Å². The van der Waals surface area contributed by atoms with E-state index in [0.717, 1.165) is 44.6 Å². The number of carbonyl (C=O) groups is 1. The summed E-state index contributed by atoms with van der Waals surface area (Å²) in [4.78, 5) is 22.4. The summed E-state index contributed by atoms with van der Waals surface area (Å²) in [5.41, 5.74) is 0. The SMILES string of the molecule is O=C(NC1CCN(c2ccncn2)CC1)C1CCC1. The van der Waals surface area contributed by atoms with Crippen molar-refractivity contribution >= 4 is 11.7 Å². The van der Waals surface area contributed by atoms with Gasteiger partial charge in [-0.15, -0.1) is 0 Å². The Balaban J connectivity index is 1.48. The molecular weight excluding hydrogens is 240 g/mol. The van der Waals surface area contributed by atoms with Crippen molar-refractivity contribution in [1.82, 2.24) is 15.3 Å². The van der Waals surface area contributed by atoms with Gasteiger partial charge in [-0.2, -0.15) is 0 Å². The molecule has 1 N–H and O–H groups in total. The first-order chi connectivity index (χ1) is 9.33. The van der Waals surface area contributed by atoms with Crippen molar-refractivity contribution in [3.05, 3.63) is 18.6 Å². The van der Waals surface area contributed by atoms with E-state index in [9.17, 15) is 4.79 Å². The predicted octanol–water partition coefficient (Wildman–Crippen LogP) is 1.36. The van der Waals surface area contributed by atoms with Gasteiger partial charge in [-0.3, -0.25) is 4.79 Å². The van der Waals surface area contributed by atoms with Gasteiger partial charge in [0.1, 0.15) is 12.1 Å². The van der Waals surface area contributed by atoms with Gasteiger partial charge >= 0.3 is 0 Å². The quantitative estimate of drug-likeness (QED) is 0.891. The molecule has 19 heavy (non-hydrogen) atoms. The number of carbonyl (C=O) groups excluding carboxylic acids is 1. The van der Waals surface area contributed by atoms with Crippen molar-refractivity contribution in [2.75, 3.05) is 18.0 Å². The lowest BCUT2D eigenvalue weighted by Crippen LogP contribution is -2.47. The molecule has 0 spiro atoms. The van der Waals surface area contributed by atoms with Crippen LogP contribution in [0.15, 0.2) is 18.6 Å². The highest BCUT2D eigenvalue weighted by Crippen LogP contribution is 2.27. The second-order valence-electron chi connectivity index (χ2n) is 5.47. The summed E-state index contributed by atoms with van der Waals surface area (Å²) in [5.74, 6) is 1.55. The Bertz CT molecular complexity index is 424. The van der Waals surface area contributed by atoms with Gasteiger partial charge in [0.2, 0.25) is 5.91 Å². The van der Waals surface area contributed by atoms with E-state index in [1.54, 1.807) is 12.5 Å². The van der Waals surface area contributed by atoms with E-state index in [1.165, 1.54) is 6.42 Å². The monoisotopic (exact) mass is 260 g/mol. The number of hydrogen-bond donors (Lipinski definition) is 1. The van der Waals surface area contributed by atoms with Gasteiger partial charge < -0.3 is 10.2 Å². The molecule has 5 nitrogen and oxygen atoms in total. The molecular formula is C14H20N4O. The van der Waals surface area contributed by atoms with Gasteiger partial charge in [0, 0.05) is 31.2 Å². The zero-order valence-electron chi connectivity index (χ0n) is 11.1. The largest absolute Gasteiger partial charge is 0.356 e. The van der Waals surface area contributed by atoms with Crippen molar-refractivity contribution in [2.24, 2.45) is 5.92 Å². The Hall–Kier alpha value is -1.65. The fourth-order valence-corrected chi connectivity index (χ4v) is 2.71. The molecule has 1 aliphatic carbocycles. The van der Waals surface area contributed by atoms with E-state index in [4.69, 9.17) is 0 Å². The minimum atomic E-state index is 0.270. The van der Waals surface area contributed by atoms with Crippen LogP contribution in [0.5, 0.6) is 0 Å². The molecule has 2 heterocycles. The fraction of sp³-hybridized carbons (Fsp3) is 0.643. The Morgan fingerprint density at radius 2 is 2.05 bits per heavy atom. The summed E-state index contributed by atoms with van der Waals surface area (Å²) in [6.07, 6.45) is 8.72. The number of aromatic nitrogens is 2. The van der Waals surface area contributed by atoms with Crippen LogP contribution in [0.3, 0.4) is 0 Å². The normalized spacial score (nSPS) is 20.9. The number of nitrogens with zero attached hydrogens (tertiary/aromatic N) is 3. The number of anilines is 1. The van der Waals surface area contributed by atoms with Crippen molar-refractivity contribution < 1.29 is 4.79 Å². The van der Waals surface area contributed by atoms with E-state index < -0.39 is 0 Å². The molecule has 1 aromatic rings. The molecule has 5 heteroatoms. The lowest BCUT2D eigenvalue weighted by molar-refractivity contribution is -0.128. The molecule has 0 unspecified atom stereocenters.